The third kappa shape index (κ3) is 4.03. The lowest BCUT2D eigenvalue weighted by Gasteiger charge is -2.27. The van der Waals surface area contributed by atoms with Crippen molar-refractivity contribution in [2.24, 2.45) is 0 Å². The topological polar surface area (TPSA) is 69.8 Å². The number of rotatable bonds is 7. The fourth-order valence-electron chi connectivity index (χ4n) is 4.09. The molecule has 1 aliphatic rings. The second-order valence-corrected chi connectivity index (χ2v) is 7.26. The summed E-state index contributed by atoms with van der Waals surface area (Å²) < 4.78 is 5.51. The van der Waals surface area contributed by atoms with E-state index in [0.717, 1.165) is 43.9 Å². The number of anilines is 1. The van der Waals surface area contributed by atoms with Crippen molar-refractivity contribution in [2.45, 2.75) is 25.9 Å². The Morgan fingerprint density at radius 1 is 1.24 bits per heavy atom. The van der Waals surface area contributed by atoms with Gasteiger partial charge in [-0.05, 0) is 36.7 Å². The van der Waals surface area contributed by atoms with Crippen molar-refractivity contribution in [1.29, 1.82) is 0 Å². The summed E-state index contributed by atoms with van der Waals surface area (Å²) in [5, 5.41) is 9.97. The van der Waals surface area contributed by atoms with Crippen LogP contribution in [0.3, 0.4) is 0 Å². The molecule has 0 spiro atoms. The Kier molecular flexibility index (Phi) is 5.62. The summed E-state index contributed by atoms with van der Waals surface area (Å²) in [7, 11) is 0. The fraction of sp³-hybridized carbons (Fsp3) is 0.304. The normalized spacial score (nSPS) is 16.5. The molecule has 29 heavy (non-hydrogen) atoms. The van der Waals surface area contributed by atoms with Crippen molar-refractivity contribution in [3.63, 3.8) is 0 Å². The van der Waals surface area contributed by atoms with Gasteiger partial charge in [0.15, 0.2) is 0 Å². The van der Waals surface area contributed by atoms with Crippen LogP contribution in [0.25, 0.3) is 11.1 Å². The molecule has 0 radical (unpaired) electrons. The van der Waals surface area contributed by atoms with Gasteiger partial charge < -0.3 is 14.4 Å². The molecule has 6 nitrogen and oxygen atoms in total. The lowest BCUT2D eigenvalue weighted by molar-refractivity contribution is 0.0698. The van der Waals surface area contributed by atoms with Gasteiger partial charge in [-0.1, -0.05) is 37.3 Å². The molecule has 0 amide bonds. The lowest BCUT2D eigenvalue weighted by Crippen LogP contribution is -2.37. The van der Waals surface area contributed by atoms with Crippen LogP contribution in [0.15, 0.2) is 65.4 Å². The van der Waals surface area contributed by atoms with E-state index >= 15 is 0 Å². The summed E-state index contributed by atoms with van der Waals surface area (Å²) >= 11 is 0. The monoisotopic (exact) mass is 391 g/mol. The van der Waals surface area contributed by atoms with Gasteiger partial charge in [-0.3, -0.25) is 4.90 Å². The highest BCUT2D eigenvalue weighted by Crippen LogP contribution is 2.32. The van der Waals surface area contributed by atoms with Gasteiger partial charge in [0, 0.05) is 30.9 Å². The molecule has 150 valence electrons. The molecule has 2 aromatic heterocycles. The molecule has 1 atom stereocenters. The molecule has 0 bridgehead atoms. The Labute approximate surface area is 170 Å². The largest absolute Gasteiger partial charge is 0.478 e. The molecule has 4 rings (SSSR count). The lowest BCUT2D eigenvalue weighted by atomic mass is 10.0. The first kappa shape index (κ1) is 19.2. The van der Waals surface area contributed by atoms with Crippen LogP contribution in [0.2, 0.25) is 0 Å². The molecule has 3 aromatic rings. The Morgan fingerprint density at radius 2 is 2.07 bits per heavy atom. The average molecular weight is 391 g/mol. The maximum atomic E-state index is 12.2. The zero-order valence-corrected chi connectivity index (χ0v) is 16.5. The smallest absolute Gasteiger partial charge is 0.340 e. The molecule has 0 saturated carbocycles. The van der Waals surface area contributed by atoms with Gasteiger partial charge >= 0.3 is 5.97 Å². The summed E-state index contributed by atoms with van der Waals surface area (Å²) in [6.45, 7) is 5.33. The highest BCUT2D eigenvalue weighted by atomic mass is 16.4. The Balaban J connectivity index is 1.60. The minimum atomic E-state index is -0.946. The van der Waals surface area contributed by atoms with Crippen LogP contribution in [-0.2, 0) is 6.54 Å². The molecule has 0 unspecified atom stereocenters. The average Bonchev–Trinajstić information content (AvgIpc) is 3.44. The van der Waals surface area contributed by atoms with E-state index in [-0.39, 0.29) is 5.56 Å². The van der Waals surface area contributed by atoms with E-state index in [1.54, 1.807) is 18.5 Å². The molecule has 1 saturated heterocycles. The molecule has 0 aliphatic carbocycles. The van der Waals surface area contributed by atoms with Gasteiger partial charge in [0.25, 0.3) is 0 Å². The maximum Gasteiger partial charge on any atom is 0.340 e. The first-order valence-corrected chi connectivity index (χ1v) is 9.96. The van der Waals surface area contributed by atoms with Crippen LogP contribution in [0, 0.1) is 0 Å². The molecular weight excluding hydrogens is 366 g/mol. The SMILES string of the molecule is CCN(Cc1ccco1)[C@@H]1CCN(c2nccc(-c3ccccc3)c2C(=O)O)C1. The number of carbonyl (C=O) groups is 1. The van der Waals surface area contributed by atoms with Gasteiger partial charge in [-0.25, -0.2) is 9.78 Å². The molecule has 1 N–H and O–H groups in total. The van der Waals surface area contributed by atoms with E-state index in [1.165, 1.54) is 0 Å². The second-order valence-electron chi connectivity index (χ2n) is 7.26. The Bertz CT molecular complexity index is 957. The molecule has 1 aromatic carbocycles. The third-order valence-electron chi connectivity index (χ3n) is 5.55. The van der Waals surface area contributed by atoms with Crippen molar-refractivity contribution < 1.29 is 14.3 Å². The summed E-state index contributed by atoms with van der Waals surface area (Å²) in [4.78, 5) is 21.1. The zero-order chi connectivity index (χ0) is 20.2. The first-order chi connectivity index (χ1) is 14.2. The van der Waals surface area contributed by atoms with Gasteiger partial charge in [-0.2, -0.15) is 0 Å². The van der Waals surface area contributed by atoms with E-state index in [2.05, 4.69) is 21.7 Å². The Morgan fingerprint density at radius 3 is 2.76 bits per heavy atom. The number of aromatic carboxylic acids is 1. The van der Waals surface area contributed by atoms with E-state index in [1.807, 2.05) is 42.5 Å². The van der Waals surface area contributed by atoms with E-state index in [0.29, 0.717) is 17.4 Å². The molecule has 3 heterocycles. The van der Waals surface area contributed by atoms with Crippen LogP contribution < -0.4 is 4.90 Å². The second kappa shape index (κ2) is 8.49. The van der Waals surface area contributed by atoms with Crippen molar-refractivity contribution >= 4 is 11.8 Å². The van der Waals surface area contributed by atoms with Crippen molar-refractivity contribution in [3.05, 3.63) is 72.3 Å². The third-order valence-corrected chi connectivity index (χ3v) is 5.55. The number of hydrogen-bond donors (Lipinski definition) is 1. The highest BCUT2D eigenvalue weighted by molar-refractivity contribution is 6.01. The summed E-state index contributed by atoms with van der Waals surface area (Å²) in [5.41, 5.74) is 1.86. The molecule has 1 fully saturated rings. The summed E-state index contributed by atoms with van der Waals surface area (Å²) in [5.74, 6) is 0.550. The number of likely N-dealkylation sites (N-methyl/N-ethyl adjacent to an activating group) is 1. The minimum absolute atomic E-state index is 0.272. The number of carboxylic acids is 1. The predicted octanol–water partition coefficient (Wildman–Crippen LogP) is 4.14. The van der Waals surface area contributed by atoms with Crippen molar-refractivity contribution in [1.82, 2.24) is 9.88 Å². The minimum Gasteiger partial charge on any atom is -0.478 e. The van der Waals surface area contributed by atoms with Crippen LogP contribution in [0.5, 0.6) is 0 Å². The maximum absolute atomic E-state index is 12.2. The summed E-state index contributed by atoms with van der Waals surface area (Å²) in [6.07, 6.45) is 4.37. The first-order valence-electron chi connectivity index (χ1n) is 9.96. The van der Waals surface area contributed by atoms with Gasteiger partial charge in [-0.15, -0.1) is 0 Å². The molecular formula is C23H25N3O3. The number of furan rings is 1. The van der Waals surface area contributed by atoms with E-state index in [4.69, 9.17) is 4.42 Å². The van der Waals surface area contributed by atoms with Crippen LogP contribution in [0.4, 0.5) is 5.82 Å². The van der Waals surface area contributed by atoms with E-state index in [9.17, 15) is 9.90 Å². The van der Waals surface area contributed by atoms with Gasteiger partial charge in [0.05, 0.1) is 12.8 Å². The van der Waals surface area contributed by atoms with Gasteiger partial charge in [0.2, 0.25) is 0 Å². The number of benzene rings is 1. The predicted molar refractivity (Wildman–Crippen MR) is 112 cm³/mol. The molecule has 6 heteroatoms. The quantitative estimate of drug-likeness (QED) is 0.653. The number of nitrogens with zero attached hydrogens (tertiary/aromatic N) is 3. The van der Waals surface area contributed by atoms with Crippen LogP contribution in [0.1, 0.15) is 29.5 Å². The highest BCUT2D eigenvalue weighted by Gasteiger charge is 2.31. The standard InChI is InChI=1S/C23H25N3O3/c1-2-25(16-19-9-6-14-29-19)18-11-13-26(15-18)22-21(23(27)28)20(10-12-24-22)17-7-4-3-5-8-17/h3-10,12,14,18H,2,11,13,15-16H2,1H3,(H,27,28)/t18-/m1/s1. The molecule has 1 aliphatic heterocycles. The van der Waals surface area contributed by atoms with Crippen LogP contribution in [-0.4, -0.2) is 46.6 Å². The number of aromatic nitrogens is 1. The van der Waals surface area contributed by atoms with Crippen molar-refractivity contribution in [3.8, 4) is 11.1 Å². The van der Waals surface area contributed by atoms with Crippen molar-refractivity contribution in [2.75, 3.05) is 24.5 Å². The fourth-order valence-corrected chi connectivity index (χ4v) is 4.09. The summed E-state index contributed by atoms with van der Waals surface area (Å²) in [6, 6.07) is 15.6. The number of pyridine rings is 1. The number of carboxylic acid groups (broad SMARTS) is 1. The van der Waals surface area contributed by atoms with Crippen LogP contribution >= 0.6 is 0 Å². The van der Waals surface area contributed by atoms with E-state index < -0.39 is 5.97 Å². The number of hydrogen-bond acceptors (Lipinski definition) is 5. The zero-order valence-electron chi connectivity index (χ0n) is 16.5. The Hall–Kier alpha value is -3.12. The van der Waals surface area contributed by atoms with Gasteiger partial charge in [0.1, 0.15) is 17.1 Å².